The Morgan fingerprint density at radius 1 is 0.587 bits per heavy atom. The molecule has 0 atom stereocenters. The Kier molecular flexibility index (Phi) is 11.7. The zero-order valence-corrected chi connectivity index (χ0v) is 32.7. The van der Waals surface area contributed by atoms with Crippen LogP contribution in [0.25, 0.3) is 21.5 Å². The molecule has 4 aromatic rings. The van der Waals surface area contributed by atoms with Crippen molar-refractivity contribution in [3.8, 4) is 11.5 Å². The summed E-state index contributed by atoms with van der Waals surface area (Å²) in [5, 5.41) is 4.83. The summed E-state index contributed by atoms with van der Waals surface area (Å²) in [5.41, 5.74) is 1.55. The van der Waals surface area contributed by atoms with Crippen molar-refractivity contribution in [2.45, 2.75) is 105 Å². The lowest BCUT2D eigenvalue weighted by atomic mass is 9.72. The molecular formula is C41H50I2O3. The van der Waals surface area contributed by atoms with E-state index in [0.29, 0.717) is 23.0 Å². The Bertz CT molecular complexity index is 1630. The van der Waals surface area contributed by atoms with E-state index in [9.17, 15) is 4.79 Å². The fourth-order valence-corrected chi connectivity index (χ4v) is 8.80. The molecule has 2 aliphatic rings. The van der Waals surface area contributed by atoms with E-state index < -0.39 is 0 Å². The van der Waals surface area contributed by atoms with Gasteiger partial charge in [0, 0.05) is 12.7 Å². The van der Waals surface area contributed by atoms with Gasteiger partial charge >= 0.3 is 0 Å². The summed E-state index contributed by atoms with van der Waals surface area (Å²) in [6.45, 7) is 14.1. The molecule has 5 heteroatoms. The lowest BCUT2D eigenvalue weighted by molar-refractivity contribution is 0.0880. The maximum Gasteiger partial charge on any atom is 0.150 e. The van der Waals surface area contributed by atoms with E-state index in [1.54, 1.807) is 0 Å². The van der Waals surface area contributed by atoms with Crippen LogP contribution in [0, 0.1) is 29.8 Å². The molecule has 246 valence electrons. The Hall–Kier alpha value is -1.87. The molecule has 2 fully saturated rings. The van der Waals surface area contributed by atoms with Gasteiger partial charge < -0.3 is 9.47 Å². The minimum Gasteiger partial charge on any atom is -0.490 e. The number of fused-ring (bicyclic) bond motifs is 2. The summed E-state index contributed by atoms with van der Waals surface area (Å²) in [5.74, 6) is 3.62. The van der Waals surface area contributed by atoms with Crippen molar-refractivity contribution in [1.82, 2.24) is 0 Å². The third-order valence-corrected chi connectivity index (χ3v) is 12.0. The highest BCUT2D eigenvalue weighted by Crippen LogP contribution is 2.40. The molecule has 0 radical (unpaired) electrons. The molecule has 4 aromatic carbocycles. The van der Waals surface area contributed by atoms with E-state index >= 15 is 0 Å². The van der Waals surface area contributed by atoms with E-state index in [-0.39, 0.29) is 0 Å². The van der Waals surface area contributed by atoms with Crippen molar-refractivity contribution >= 4 is 73.0 Å². The van der Waals surface area contributed by atoms with Gasteiger partial charge in [0.15, 0.2) is 0 Å². The molecule has 0 saturated heterocycles. The first-order valence-corrected chi connectivity index (χ1v) is 19.2. The average molecular weight is 845 g/mol. The predicted molar refractivity (Wildman–Crippen MR) is 210 cm³/mol. The third kappa shape index (κ3) is 9.18. The van der Waals surface area contributed by atoms with Gasteiger partial charge in [-0.1, -0.05) is 77.9 Å². The van der Waals surface area contributed by atoms with Gasteiger partial charge in [-0.25, -0.2) is 0 Å². The SMILES string of the molecule is CC(C)(C)C1CCC(Oc2cc(I)c3cc(C=O)ccc3c2)CC1.CC(C)(C)C1CCC(Oc2cc(I)c3ccccc3c2)CC1. The van der Waals surface area contributed by atoms with Gasteiger partial charge in [-0.05, 0) is 171 Å². The Morgan fingerprint density at radius 3 is 1.52 bits per heavy atom. The van der Waals surface area contributed by atoms with Crippen molar-refractivity contribution in [3.63, 3.8) is 0 Å². The highest BCUT2D eigenvalue weighted by atomic mass is 127. The topological polar surface area (TPSA) is 35.5 Å². The first-order chi connectivity index (χ1) is 21.8. The van der Waals surface area contributed by atoms with E-state index in [1.807, 2.05) is 18.2 Å². The molecule has 0 spiro atoms. The van der Waals surface area contributed by atoms with Crippen molar-refractivity contribution in [2.75, 3.05) is 0 Å². The lowest BCUT2D eigenvalue weighted by Gasteiger charge is -2.37. The van der Waals surface area contributed by atoms with Crippen LogP contribution in [0.1, 0.15) is 103 Å². The number of rotatable bonds is 5. The molecule has 0 aromatic heterocycles. The maximum absolute atomic E-state index is 11.0. The van der Waals surface area contributed by atoms with Crippen LogP contribution >= 0.6 is 45.2 Å². The van der Waals surface area contributed by atoms with Crippen LogP contribution in [0.3, 0.4) is 0 Å². The molecule has 0 unspecified atom stereocenters. The fourth-order valence-electron chi connectivity index (χ4n) is 7.23. The van der Waals surface area contributed by atoms with Crippen LogP contribution < -0.4 is 9.47 Å². The molecule has 2 saturated carbocycles. The summed E-state index contributed by atoms with van der Waals surface area (Å²) in [7, 11) is 0. The van der Waals surface area contributed by atoms with Crippen LogP contribution in [-0.4, -0.2) is 18.5 Å². The fraction of sp³-hybridized carbons (Fsp3) is 0.488. The highest BCUT2D eigenvalue weighted by molar-refractivity contribution is 14.1. The second kappa shape index (κ2) is 15.1. The number of ether oxygens (including phenoxy) is 2. The van der Waals surface area contributed by atoms with Crippen molar-refractivity contribution < 1.29 is 14.3 Å². The summed E-state index contributed by atoms with van der Waals surface area (Å²) in [4.78, 5) is 11.0. The van der Waals surface area contributed by atoms with Crippen LogP contribution in [0.5, 0.6) is 11.5 Å². The molecule has 3 nitrogen and oxygen atoms in total. The van der Waals surface area contributed by atoms with Gasteiger partial charge in [0.2, 0.25) is 0 Å². The summed E-state index contributed by atoms with van der Waals surface area (Å²) in [6, 6.07) is 22.9. The smallest absolute Gasteiger partial charge is 0.150 e. The molecule has 46 heavy (non-hydrogen) atoms. The van der Waals surface area contributed by atoms with Crippen LogP contribution in [0.4, 0.5) is 0 Å². The van der Waals surface area contributed by atoms with Gasteiger partial charge in [0.05, 0.1) is 12.2 Å². The monoisotopic (exact) mass is 844 g/mol. The van der Waals surface area contributed by atoms with Crippen LogP contribution in [0.15, 0.2) is 66.7 Å². The Morgan fingerprint density at radius 2 is 1.04 bits per heavy atom. The summed E-state index contributed by atoms with van der Waals surface area (Å²) < 4.78 is 15.0. The quantitative estimate of drug-likeness (QED) is 0.148. The standard InChI is InChI=1S/C21H25IO2.C20H25IO/c1-21(2,3)16-6-8-17(9-7-16)24-18-11-15-5-4-14(13-23)10-19(15)20(22)12-18;1-20(2,3)15-8-10-16(11-9-15)22-17-12-14-6-4-5-7-18(14)19(21)13-17/h4-5,10-13,16-17H,6-9H2,1-3H3;4-7,12-13,15-16H,8-11H2,1-3H3. The maximum atomic E-state index is 11.0. The number of carbonyl (C=O) groups excluding carboxylic acids is 1. The van der Waals surface area contributed by atoms with Crippen molar-refractivity contribution in [1.29, 1.82) is 0 Å². The number of carbonyl (C=O) groups is 1. The number of benzene rings is 4. The first kappa shape index (κ1) is 35.4. The Balaban J connectivity index is 0.000000182. The summed E-state index contributed by atoms with van der Waals surface area (Å²) in [6.07, 6.45) is 11.3. The minimum atomic E-state index is 0.325. The second-order valence-corrected chi connectivity index (χ2v) is 17.9. The molecular weight excluding hydrogens is 794 g/mol. The molecule has 0 aliphatic heterocycles. The lowest BCUT2D eigenvalue weighted by Crippen LogP contribution is -2.30. The van der Waals surface area contributed by atoms with E-state index in [1.165, 1.54) is 52.9 Å². The van der Waals surface area contributed by atoms with Crippen molar-refractivity contribution in [3.05, 3.63) is 79.4 Å². The van der Waals surface area contributed by atoms with Gasteiger partial charge in [0.25, 0.3) is 0 Å². The van der Waals surface area contributed by atoms with E-state index in [4.69, 9.17) is 9.47 Å². The molecule has 0 amide bonds. The second-order valence-electron chi connectivity index (χ2n) is 15.5. The Labute approximate surface area is 303 Å². The summed E-state index contributed by atoms with van der Waals surface area (Å²) >= 11 is 4.74. The molecule has 2 aliphatic carbocycles. The molecule has 0 bridgehead atoms. The third-order valence-electron chi connectivity index (χ3n) is 10.2. The van der Waals surface area contributed by atoms with E-state index in [2.05, 4.69) is 135 Å². The first-order valence-electron chi connectivity index (χ1n) is 17.0. The van der Waals surface area contributed by atoms with Gasteiger partial charge in [-0.2, -0.15) is 0 Å². The van der Waals surface area contributed by atoms with Crippen LogP contribution in [-0.2, 0) is 0 Å². The highest BCUT2D eigenvalue weighted by Gasteiger charge is 2.31. The predicted octanol–water partition coefficient (Wildman–Crippen LogP) is 12.7. The minimum absolute atomic E-state index is 0.325. The van der Waals surface area contributed by atoms with Gasteiger partial charge in [-0.15, -0.1) is 0 Å². The van der Waals surface area contributed by atoms with Gasteiger partial charge in [-0.3, -0.25) is 4.79 Å². The largest absolute Gasteiger partial charge is 0.490 e. The van der Waals surface area contributed by atoms with E-state index in [0.717, 1.165) is 62.4 Å². The average Bonchev–Trinajstić information content (AvgIpc) is 3.01. The van der Waals surface area contributed by atoms with Crippen LogP contribution in [0.2, 0.25) is 0 Å². The normalized spacial score (nSPS) is 22.2. The number of hydrogen-bond donors (Lipinski definition) is 0. The number of halogens is 2. The molecule has 0 N–H and O–H groups in total. The van der Waals surface area contributed by atoms with Crippen molar-refractivity contribution in [2.24, 2.45) is 22.7 Å². The molecule has 0 heterocycles. The number of aldehydes is 1. The molecule has 6 rings (SSSR count). The van der Waals surface area contributed by atoms with Gasteiger partial charge in [0.1, 0.15) is 17.8 Å². The zero-order valence-electron chi connectivity index (χ0n) is 28.4. The number of hydrogen-bond acceptors (Lipinski definition) is 3. The zero-order chi connectivity index (χ0) is 33.1.